The molecule has 0 saturated heterocycles. The Morgan fingerprint density at radius 1 is 1.36 bits per heavy atom. The topological polar surface area (TPSA) is 64.8 Å². The van der Waals surface area contributed by atoms with Gasteiger partial charge in [-0.2, -0.15) is 0 Å². The average Bonchev–Trinajstić information content (AvgIpc) is 2.89. The van der Waals surface area contributed by atoms with Gasteiger partial charge in [-0.15, -0.1) is 11.3 Å². The Balaban J connectivity index is 2.66. The highest BCUT2D eigenvalue weighted by Gasteiger charge is 2.24. The number of methoxy groups -OCH3 is 2. The number of ether oxygens (including phenoxy) is 2. The number of hydrogen-bond acceptors (Lipinski definition) is 6. The number of fused-ring (bicyclic) bond motifs is 1. The quantitative estimate of drug-likeness (QED) is 0.654. The van der Waals surface area contributed by atoms with Gasteiger partial charge in [-0.3, -0.25) is 0 Å². The predicted octanol–water partition coefficient (Wildman–Crippen LogP) is 3.08. The molecule has 0 unspecified atom stereocenters. The molecule has 0 aliphatic heterocycles. The van der Waals surface area contributed by atoms with Crippen molar-refractivity contribution in [3.63, 3.8) is 0 Å². The number of nitrogens with zero attached hydrogens (tertiary/aromatic N) is 1. The van der Waals surface area contributed by atoms with Crippen LogP contribution < -0.4 is 15.4 Å². The van der Waals surface area contributed by atoms with Crippen LogP contribution >= 0.6 is 11.3 Å². The zero-order valence-corrected chi connectivity index (χ0v) is 14.2. The van der Waals surface area contributed by atoms with Crippen molar-refractivity contribution in [1.29, 1.82) is 0 Å². The van der Waals surface area contributed by atoms with Gasteiger partial charge in [-0.1, -0.05) is 13.8 Å². The second-order valence-corrected chi connectivity index (χ2v) is 6.48. The minimum absolute atomic E-state index is 0.336. The Morgan fingerprint density at radius 3 is 2.64 bits per heavy atom. The summed E-state index contributed by atoms with van der Waals surface area (Å²) >= 11 is 1.42. The van der Waals surface area contributed by atoms with Gasteiger partial charge in [0.2, 0.25) is 0 Å². The Bertz CT molecular complexity index is 667. The highest BCUT2D eigenvalue weighted by Crippen LogP contribution is 2.40. The highest BCUT2D eigenvalue weighted by molar-refractivity contribution is 7.21. The first-order chi connectivity index (χ1) is 10.5. The third-order valence-electron chi connectivity index (χ3n) is 3.36. The summed E-state index contributed by atoms with van der Waals surface area (Å²) in [5, 5.41) is 0.968. The number of nitrogens with two attached hydrogens (primary N) is 1. The molecule has 1 aromatic carbocycles. The molecule has 0 radical (unpaired) electrons. The van der Waals surface area contributed by atoms with E-state index in [4.69, 9.17) is 15.2 Å². The number of carbonyl (C=O) groups is 1. The minimum atomic E-state index is -0.336. The SMILES string of the molecule is COC(=O)c1sc2ccc(OC)cc2c1N(CN)CC(C)C. The van der Waals surface area contributed by atoms with E-state index in [1.807, 2.05) is 23.1 Å². The number of thiophene rings is 1. The van der Waals surface area contributed by atoms with Crippen LogP contribution in [0.2, 0.25) is 0 Å². The Morgan fingerprint density at radius 2 is 2.09 bits per heavy atom. The van der Waals surface area contributed by atoms with Crippen molar-refractivity contribution in [2.24, 2.45) is 11.7 Å². The van der Waals surface area contributed by atoms with E-state index in [2.05, 4.69) is 13.8 Å². The highest BCUT2D eigenvalue weighted by atomic mass is 32.1. The molecule has 0 spiro atoms. The van der Waals surface area contributed by atoms with E-state index >= 15 is 0 Å². The van der Waals surface area contributed by atoms with Gasteiger partial charge in [-0.25, -0.2) is 4.79 Å². The fourth-order valence-corrected chi connectivity index (χ4v) is 3.56. The Labute approximate surface area is 134 Å². The summed E-state index contributed by atoms with van der Waals surface area (Å²) in [6, 6.07) is 5.79. The lowest BCUT2D eigenvalue weighted by molar-refractivity contribution is 0.0607. The van der Waals surface area contributed by atoms with E-state index in [0.717, 1.165) is 28.1 Å². The summed E-state index contributed by atoms with van der Waals surface area (Å²) in [5.41, 5.74) is 6.77. The molecule has 0 atom stereocenters. The van der Waals surface area contributed by atoms with Crippen LogP contribution in [0.5, 0.6) is 5.75 Å². The third kappa shape index (κ3) is 3.18. The van der Waals surface area contributed by atoms with Gasteiger partial charge in [0.1, 0.15) is 10.6 Å². The molecule has 1 heterocycles. The van der Waals surface area contributed by atoms with Crippen LogP contribution in [0, 0.1) is 5.92 Å². The predicted molar refractivity (Wildman–Crippen MR) is 91.0 cm³/mol. The number of hydrogen-bond donors (Lipinski definition) is 1. The number of benzene rings is 1. The molecule has 0 saturated carbocycles. The summed E-state index contributed by atoms with van der Waals surface area (Å²) < 4.78 is 11.3. The summed E-state index contributed by atoms with van der Waals surface area (Å²) in [7, 11) is 3.02. The first-order valence-corrected chi connectivity index (χ1v) is 7.97. The Hall–Kier alpha value is -1.79. The molecule has 6 heteroatoms. The number of anilines is 1. The van der Waals surface area contributed by atoms with Gasteiger partial charge in [0.25, 0.3) is 0 Å². The first-order valence-electron chi connectivity index (χ1n) is 7.15. The standard InChI is InChI=1S/C16H22N2O3S/c1-10(2)8-18(9-17)14-12-7-11(20-3)5-6-13(12)22-15(14)16(19)21-4/h5-7,10H,8-9,17H2,1-4H3. The van der Waals surface area contributed by atoms with E-state index in [1.165, 1.54) is 18.4 Å². The van der Waals surface area contributed by atoms with Crippen molar-refractivity contribution in [2.45, 2.75) is 13.8 Å². The van der Waals surface area contributed by atoms with Gasteiger partial charge in [0.05, 0.1) is 26.6 Å². The largest absolute Gasteiger partial charge is 0.497 e. The van der Waals surface area contributed by atoms with Crippen LogP contribution in [0.1, 0.15) is 23.5 Å². The molecule has 0 fully saturated rings. The van der Waals surface area contributed by atoms with Crippen LogP contribution in [-0.2, 0) is 4.74 Å². The lowest BCUT2D eigenvalue weighted by Gasteiger charge is -2.25. The van der Waals surface area contributed by atoms with Gasteiger partial charge in [-0.05, 0) is 24.1 Å². The summed E-state index contributed by atoms with van der Waals surface area (Å²) in [6.45, 7) is 5.35. The minimum Gasteiger partial charge on any atom is -0.497 e. The molecule has 0 bridgehead atoms. The van der Waals surface area contributed by atoms with Crippen LogP contribution in [0.25, 0.3) is 10.1 Å². The van der Waals surface area contributed by atoms with Gasteiger partial charge < -0.3 is 20.1 Å². The number of esters is 1. The van der Waals surface area contributed by atoms with Crippen molar-refractivity contribution in [3.05, 3.63) is 23.1 Å². The lowest BCUT2D eigenvalue weighted by Crippen LogP contribution is -2.34. The van der Waals surface area contributed by atoms with Crippen LogP contribution in [0.3, 0.4) is 0 Å². The van der Waals surface area contributed by atoms with E-state index in [9.17, 15) is 4.79 Å². The van der Waals surface area contributed by atoms with Gasteiger partial charge >= 0.3 is 5.97 Å². The average molecular weight is 322 g/mol. The summed E-state index contributed by atoms with van der Waals surface area (Å²) in [4.78, 5) is 14.8. The first kappa shape index (κ1) is 16.6. The lowest BCUT2D eigenvalue weighted by atomic mass is 10.1. The molecule has 2 N–H and O–H groups in total. The zero-order valence-electron chi connectivity index (χ0n) is 13.4. The number of carbonyl (C=O) groups excluding carboxylic acids is 1. The summed E-state index contributed by atoms with van der Waals surface area (Å²) in [5.74, 6) is 0.844. The smallest absolute Gasteiger partial charge is 0.350 e. The van der Waals surface area contributed by atoms with Crippen molar-refractivity contribution in [2.75, 3.05) is 32.3 Å². The van der Waals surface area contributed by atoms with Crippen molar-refractivity contribution >= 4 is 33.1 Å². The normalized spacial score (nSPS) is 11.0. The molecule has 120 valence electrons. The molecule has 5 nitrogen and oxygen atoms in total. The molecule has 1 aromatic heterocycles. The van der Waals surface area contributed by atoms with E-state index < -0.39 is 0 Å². The van der Waals surface area contributed by atoms with E-state index in [1.54, 1.807) is 7.11 Å². The molecule has 2 aromatic rings. The van der Waals surface area contributed by atoms with Crippen molar-refractivity contribution < 1.29 is 14.3 Å². The number of rotatable bonds is 6. The second-order valence-electron chi connectivity index (χ2n) is 5.43. The zero-order chi connectivity index (χ0) is 16.3. The van der Waals surface area contributed by atoms with Crippen LogP contribution in [0.4, 0.5) is 5.69 Å². The molecular weight excluding hydrogens is 300 g/mol. The second kappa shape index (κ2) is 6.98. The van der Waals surface area contributed by atoms with Gasteiger partial charge in [0.15, 0.2) is 0 Å². The van der Waals surface area contributed by atoms with E-state index in [0.29, 0.717) is 17.5 Å². The fraction of sp³-hybridized carbons (Fsp3) is 0.438. The summed E-state index contributed by atoms with van der Waals surface area (Å²) in [6.07, 6.45) is 0. The molecule has 0 aliphatic carbocycles. The maximum Gasteiger partial charge on any atom is 0.350 e. The van der Waals surface area contributed by atoms with E-state index in [-0.39, 0.29) is 5.97 Å². The molecule has 0 aliphatic rings. The maximum absolute atomic E-state index is 12.2. The molecule has 2 rings (SSSR count). The molecule has 0 amide bonds. The maximum atomic E-state index is 12.2. The van der Waals surface area contributed by atoms with Crippen LogP contribution in [-0.4, -0.2) is 33.4 Å². The van der Waals surface area contributed by atoms with Crippen LogP contribution in [0.15, 0.2) is 18.2 Å². The van der Waals surface area contributed by atoms with Gasteiger partial charge in [0, 0.05) is 16.6 Å². The third-order valence-corrected chi connectivity index (χ3v) is 4.50. The molecule has 22 heavy (non-hydrogen) atoms. The molecular formula is C16H22N2O3S. The van der Waals surface area contributed by atoms with Crippen molar-refractivity contribution in [3.8, 4) is 5.75 Å². The van der Waals surface area contributed by atoms with Crippen molar-refractivity contribution in [1.82, 2.24) is 0 Å². The monoisotopic (exact) mass is 322 g/mol. The fourth-order valence-electron chi connectivity index (χ4n) is 2.43. The Kier molecular flexibility index (Phi) is 5.26.